The monoisotopic (exact) mass is 282 g/mol. The van der Waals surface area contributed by atoms with E-state index in [0.717, 1.165) is 35.5 Å². The minimum Gasteiger partial charge on any atom is -0.307 e. The Morgan fingerprint density at radius 1 is 1.37 bits per heavy atom. The summed E-state index contributed by atoms with van der Waals surface area (Å²) in [5.74, 6) is 0. The van der Waals surface area contributed by atoms with Gasteiger partial charge >= 0.3 is 0 Å². The first kappa shape index (κ1) is 13.4. The molecule has 0 amide bonds. The highest BCUT2D eigenvalue weighted by atomic mass is 35.5. The Morgan fingerprint density at radius 3 is 2.84 bits per heavy atom. The topological polar surface area (TPSA) is 33.1 Å². The molecule has 4 nitrogen and oxygen atoms in total. The molecule has 1 aliphatic carbocycles. The van der Waals surface area contributed by atoms with Crippen molar-refractivity contribution >= 4 is 11.6 Å². The molecule has 0 radical (unpaired) electrons. The van der Waals surface area contributed by atoms with Crippen LogP contribution in [0.3, 0.4) is 0 Å². The molecule has 1 atom stereocenters. The summed E-state index contributed by atoms with van der Waals surface area (Å²) in [5, 5.41) is 8.94. The Labute approximate surface area is 120 Å². The van der Waals surface area contributed by atoms with Gasteiger partial charge in [0.2, 0.25) is 0 Å². The van der Waals surface area contributed by atoms with Gasteiger partial charge in [-0.1, -0.05) is 11.6 Å². The first-order valence-electron chi connectivity index (χ1n) is 7.38. The fourth-order valence-corrected chi connectivity index (χ4v) is 3.21. The maximum Gasteiger partial charge on any atom is 0.0860 e. The second-order valence-electron chi connectivity index (χ2n) is 5.75. The second kappa shape index (κ2) is 5.43. The highest BCUT2D eigenvalue weighted by Gasteiger charge is 2.34. The molecule has 0 aromatic carbocycles. The first-order chi connectivity index (χ1) is 9.19. The van der Waals surface area contributed by atoms with E-state index < -0.39 is 0 Å². The molecule has 1 aromatic rings. The number of likely N-dealkylation sites (tertiary alicyclic amines) is 1. The summed E-state index contributed by atoms with van der Waals surface area (Å²) in [6.07, 6.45) is 4.06. The average molecular weight is 283 g/mol. The Balaban J connectivity index is 1.57. The van der Waals surface area contributed by atoms with Crippen LogP contribution < -0.4 is 5.32 Å². The maximum absolute atomic E-state index is 6.33. The first-order valence-corrected chi connectivity index (χ1v) is 7.76. The normalized spacial score (nSPS) is 24.3. The van der Waals surface area contributed by atoms with Crippen molar-refractivity contribution in [1.82, 2.24) is 20.0 Å². The fraction of sp³-hybridized carbons (Fsp3) is 0.786. The van der Waals surface area contributed by atoms with Crippen LogP contribution in [0.25, 0.3) is 0 Å². The number of aromatic nitrogens is 2. The van der Waals surface area contributed by atoms with Crippen LogP contribution in [0.5, 0.6) is 0 Å². The number of nitrogens with one attached hydrogen (secondary N) is 1. The molecule has 0 bridgehead atoms. The van der Waals surface area contributed by atoms with Crippen LogP contribution in [0.1, 0.15) is 37.6 Å². The summed E-state index contributed by atoms with van der Waals surface area (Å²) >= 11 is 6.33. The second-order valence-corrected chi connectivity index (χ2v) is 6.13. The highest BCUT2D eigenvalue weighted by Crippen LogP contribution is 2.30. The van der Waals surface area contributed by atoms with Gasteiger partial charge in [-0.25, -0.2) is 0 Å². The molecule has 0 spiro atoms. The molecule has 1 unspecified atom stereocenters. The van der Waals surface area contributed by atoms with Crippen LogP contribution in [0.4, 0.5) is 0 Å². The molecule has 19 heavy (non-hydrogen) atoms. The van der Waals surface area contributed by atoms with E-state index in [9.17, 15) is 0 Å². The Bertz CT molecular complexity index is 453. The lowest BCUT2D eigenvalue weighted by atomic mass is 10.2. The smallest absolute Gasteiger partial charge is 0.0860 e. The molecule has 2 heterocycles. The van der Waals surface area contributed by atoms with Crippen LogP contribution in [0.2, 0.25) is 5.02 Å². The van der Waals surface area contributed by atoms with Crippen molar-refractivity contribution in [3.63, 3.8) is 0 Å². The van der Waals surface area contributed by atoms with Gasteiger partial charge in [0.1, 0.15) is 0 Å². The van der Waals surface area contributed by atoms with Crippen molar-refractivity contribution in [1.29, 1.82) is 0 Å². The summed E-state index contributed by atoms with van der Waals surface area (Å²) in [5.41, 5.74) is 2.07. The zero-order valence-electron chi connectivity index (χ0n) is 11.8. The van der Waals surface area contributed by atoms with E-state index in [4.69, 9.17) is 11.6 Å². The minimum absolute atomic E-state index is 0.608. The van der Waals surface area contributed by atoms with Gasteiger partial charge in [0.05, 0.1) is 16.4 Å². The zero-order valence-corrected chi connectivity index (χ0v) is 12.6. The molecule has 1 saturated heterocycles. The molecule has 2 fully saturated rings. The third kappa shape index (κ3) is 2.81. The third-order valence-corrected chi connectivity index (χ3v) is 4.79. The molecule has 1 saturated carbocycles. The minimum atomic E-state index is 0.608. The zero-order chi connectivity index (χ0) is 13.4. The van der Waals surface area contributed by atoms with Crippen LogP contribution >= 0.6 is 11.6 Å². The lowest BCUT2D eigenvalue weighted by Crippen LogP contribution is -2.33. The fourth-order valence-electron chi connectivity index (χ4n) is 3.00. The van der Waals surface area contributed by atoms with Gasteiger partial charge < -0.3 is 5.32 Å². The van der Waals surface area contributed by atoms with Crippen molar-refractivity contribution in [2.45, 2.75) is 58.3 Å². The van der Waals surface area contributed by atoms with E-state index in [2.05, 4.69) is 22.2 Å². The molecule has 1 N–H and O–H groups in total. The summed E-state index contributed by atoms with van der Waals surface area (Å²) in [6.45, 7) is 8.24. The highest BCUT2D eigenvalue weighted by molar-refractivity contribution is 6.31. The number of rotatable bonds is 5. The molecule has 3 rings (SSSR count). The van der Waals surface area contributed by atoms with Crippen LogP contribution in [0, 0.1) is 6.92 Å². The predicted octanol–water partition coefficient (Wildman–Crippen LogP) is 2.19. The van der Waals surface area contributed by atoms with E-state index >= 15 is 0 Å². The lowest BCUT2D eigenvalue weighted by molar-refractivity contribution is 0.317. The summed E-state index contributed by atoms with van der Waals surface area (Å²) in [4.78, 5) is 2.63. The van der Waals surface area contributed by atoms with Crippen molar-refractivity contribution in [2.24, 2.45) is 0 Å². The van der Waals surface area contributed by atoms with E-state index in [1.54, 1.807) is 0 Å². The van der Waals surface area contributed by atoms with Crippen LogP contribution in [-0.2, 0) is 13.1 Å². The van der Waals surface area contributed by atoms with Gasteiger partial charge in [-0.2, -0.15) is 5.10 Å². The van der Waals surface area contributed by atoms with E-state index in [0.29, 0.717) is 6.04 Å². The average Bonchev–Trinajstić information content (AvgIpc) is 3.09. The molecule has 106 valence electrons. The van der Waals surface area contributed by atoms with Crippen molar-refractivity contribution < 1.29 is 0 Å². The van der Waals surface area contributed by atoms with Gasteiger partial charge in [-0.05, 0) is 33.1 Å². The Hall–Kier alpha value is -0.580. The summed E-state index contributed by atoms with van der Waals surface area (Å²) < 4.78 is 2.01. The predicted molar refractivity (Wildman–Crippen MR) is 77.5 cm³/mol. The van der Waals surface area contributed by atoms with Crippen LogP contribution in [0.15, 0.2) is 0 Å². The van der Waals surface area contributed by atoms with Gasteiger partial charge in [0.15, 0.2) is 0 Å². The van der Waals surface area contributed by atoms with Gasteiger partial charge in [-0.15, -0.1) is 0 Å². The number of aryl methyl sites for hydroxylation is 2. The summed E-state index contributed by atoms with van der Waals surface area (Å²) in [7, 11) is 0. The quantitative estimate of drug-likeness (QED) is 0.899. The molecular formula is C14H23ClN4. The lowest BCUT2D eigenvalue weighted by Gasteiger charge is -2.16. The number of hydrogen-bond donors (Lipinski definition) is 1. The molecular weight excluding hydrogens is 260 g/mol. The molecule has 2 aliphatic rings. The summed E-state index contributed by atoms with van der Waals surface area (Å²) in [6, 6.07) is 1.50. The number of hydrogen-bond acceptors (Lipinski definition) is 3. The van der Waals surface area contributed by atoms with E-state index in [1.165, 1.54) is 32.4 Å². The SMILES string of the molecule is CCn1nc(C)c(Cl)c1CNC1CCN(C2CC2)C1. The van der Waals surface area contributed by atoms with Crippen molar-refractivity contribution in [3.8, 4) is 0 Å². The van der Waals surface area contributed by atoms with Crippen LogP contribution in [-0.4, -0.2) is 39.9 Å². The number of nitrogens with zero attached hydrogens (tertiary/aromatic N) is 3. The molecule has 1 aromatic heterocycles. The number of halogens is 1. The molecule has 5 heteroatoms. The Kier molecular flexibility index (Phi) is 3.83. The van der Waals surface area contributed by atoms with E-state index in [1.807, 2.05) is 11.6 Å². The largest absolute Gasteiger partial charge is 0.307 e. The van der Waals surface area contributed by atoms with Gasteiger partial charge in [-0.3, -0.25) is 9.58 Å². The third-order valence-electron chi connectivity index (χ3n) is 4.29. The Morgan fingerprint density at radius 2 is 2.16 bits per heavy atom. The van der Waals surface area contributed by atoms with Gasteiger partial charge in [0.25, 0.3) is 0 Å². The van der Waals surface area contributed by atoms with Crippen molar-refractivity contribution in [2.75, 3.05) is 13.1 Å². The maximum atomic E-state index is 6.33. The standard InChI is InChI=1S/C14H23ClN4/c1-3-19-13(14(15)10(2)17-19)8-16-11-6-7-18(9-11)12-4-5-12/h11-12,16H,3-9H2,1-2H3. The van der Waals surface area contributed by atoms with E-state index in [-0.39, 0.29) is 0 Å². The molecule has 1 aliphatic heterocycles. The van der Waals surface area contributed by atoms with Crippen molar-refractivity contribution in [3.05, 3.63) is 16.4 Å². The van der Waals surface area contributed by atoms with Gasteiger partial charge in [0, 0.05) is 38.3 Å².